The molecule has 3 aromatic rings. The maximum atomic E-state index is 10.3. The number of hydrogen-bond acceptors (Lipinski definition) is 10. The van der Waals surface area contributed by atoms with Crippen LogP contribution in [0.15, 0.2) is 60.7 Å². The first-order valence-electron chi connectivity index (χ1n) is 11.0. The van der Waals surface area contributed by atoms with E-state index < -0.39 is 37.3 Å². The minimum atomic E-state index is -1.61. The van der Waals surface area contributed by atoms with Gasteiger partial charge in [0.15, 0.2) is 11.5 Å². The maximum Gasteiger partial charge on any atom is 0.229 e. The van der Waals surface area contributed by atoms with Crippen LogP contribution in [-0.2, 0) is 4.74 Å². The highest BCUT2D eigenvalue weighted by atomic mass is 16.7. The molecule has 1 aliphatic heterocycles. The van der Waals surface area contributed by atoms with E-state index in [2.05, 4.69) is 0 Å². The average Bonchev–Trinajstić information content (AvgIpc) is 2.85. The predicted octanol–water partition coefficient (Wildman–Crippen LogP) is 1.94. The van der Waals surface area contributed by atoms with E-state index in [1.165, 1.54) is 36.4 Å². The highest BCUT2D eigenvalue weighted by Crippen LogP contribution is 2.35. The van der Waals surface area contributed by atoms with Crippen molar-refractivity contribution < 1.29 is 50.0 Å². The molecule has 0 aliphatic carbocycles. The van der Waals surface area contributed by atoms with E-state index >= 15 is 0 Å². The van der Waals surface area contributed by atoms with Gasteiger partial charge < -0.3 is 50.0 Å². The number of phenols is 3. The number of aromatic hydroxyl groups is 3. The number of phenolic OH excluding ortho intramolecular Hbond substituents is 3. The third-order valence-corrected chi connectivity index (χ3v) is 5.53. The molecule has 0 saturated carbocycles. The Morgan fingerprint density at radius 2 is 1.36 bits per heavy atom. The number of ether oxygens (including phenoxy) is 3. The largest absolute Gasteiger partial charge is 0.508 e. The van der Waals surface area contributed by atoms with Crippen molar-refractivity contribution in [1.29, 1.82) is 0 Å². The van der Waals surface area contributed by atoms with Gasteiger partial charge in [-0.3, -0.25) is 0 Å². The third-order valence-electron chi connectivity index (χ3n) is 5.53. The Bertz CT molecular complexity index is 1190. The van der Waals surface area contributed by atoms with Crippen LogP contribution in [0.3, 0.4) is 0 Å². The first-order chi connectivity index (χ1) is 17.2. The third kappa shape index (κ3) is 5.88. The number of hydrogen-bond donors (Lipinski definition) is 7. The Balaban J connectivity index is 1.39. The van der Waals surface area contributed by atoms with Gasteiger partial charge in [-0.05, 0) is 47.5 Å². The van der Waals surface area contributed by atoms with Crippen molar-refractivity contribution in [2.45, 2.75) is 30.7 Å². The fraction of sp³-hybridized carbons (Fsp3) is 0.231. The lowest BCUT2D eigenvalue weighted by molar-refractivity contribution is -0.277. The van der Waals surface area contributed by atoms with Crippen molar-refractivity contribution in [2.24, 2.45) is 0 Å². The van der Waals surface area contributed by atoms with Gasteiger partial charge in [-0.2, -0.15) is 0 Å². The average molecular weight is 498 g/mol. The van der Waals surface area contributed by atoms with Gasteiger partial charge in [0.1, 0.15) is 47.4 Å². The Kier molecular flexibility index (Phi) is 7.63. The van der Waals surface area contributed by atoms with Gasteiger partial charge in [-0.15, -0.1) is 0 Å². The minimum Gasteiger partial charge on any atom is -0.508 e. The molecule has 1 fully saturated rings. The summed E-state index contributed by atoms with van der Waals surface area (Å²) in [6.45, 7) is -0.600. The van der Waals surface area contributed by atoms with Crippen LogP contribution in [0.4, 0.5) is 0 Å². The smallest absolute Gasteiger partial charge is 0.229 e. The second kappa shape index (κ2) is 10.9. The molecule has 0 unspecified atom stereocenters. The molecule has 0 amide bonds. The lowest BCUT2D eigenvalue weighted by atomic mass is 9.99. The van der Waals surface area contributed by atoms with E-state index in [9.17, 15) is 35.7 Å². The quantitative estimate of drug-likeness (QED) is 0.239. The van der Waals surface area contributed by atoms with Crippen molar-refractivity contribution in [3.05, 3.63) is 71.8 Å². The molecule has 10 heteroatoms. The SMILES string of the molecule is OC[C@H]1O[C@@H](Oc2ccc(Oc3ccc(C=Cc4cc(O)cc(O)c4)cc3)cc2O)[C@H](O)[C@@H](O)[C@@H]1O. The van der Waals surface area contributed by atoms with E-state index in [1.54, 1.807) is 36.4 Å². The van der Waals surface area contributed by atoms with Crippen molar-refractivity contribution in [2.75, 3.05) is 6.61 Å². The monoisotopic (exact) mass is 498 g/mol. The summed E-state index contributed by atoms with van der Waals surface area (Å²) in [6, 6.07) is 15.5. The zero-order valence-corrected chi connectivity index (χ0v) is 18.9. The summed E-state index contributed by atoms with van der Waals surface area (Å²) in [7, 11) is 0. The highest BCUT2D eigenvalue weighted by Gasteiger charge is 2.44. The fourth-order valence-electron chi connectivity index (χ4n) is 3.64. The van der Waals surface area contributed by atoms with Crippen molar-refractivity contribution in [1.82, 2.24) is 0 Å². The molecule has 1 heterocycles. The number of rotatable bonds is 7. The Morgan fingerprint density at radius 3 is 2.00 bits per heavy atom. The molecule has 7 N–H and O–H groups in total. The minimum absolute atomic E-state index is 0.0359. The molecule has 36 heavy (non-hydrogen) atoms. The standard InChI is InChI=1S/C26H26O10/c27-13-22-23(31)24(32)25(33)26(36-22)35-21-8-7-19(12-20(21)30)34-18-5-3-14(4-6-18)1-2-15-9-16(28)11-17(29)10-15/h1-12,22-33H,13H2/t22-,23-,24+,25-,26-/m1/s1. The van der Waals surface area contributed by atoms with Crippen LogP contribution in [0.25, 0.3) is 12.2 Å². The lowest BCUT2D eigenvalue weighted by Gasteiger charge is -2.39. The Labute approximate surface area is 206 Å². The fourth-order valence-corrected chi connectivity index (χ4v) is 3.64. The number of benzene rings is 3. The first-order valence-corrected chi connectivity index (χ1v) is 11.0. The molecular formula is C26H26O10. The van der Waals surface area contributed by atoms with Gasteiger partial charge in [-0.1, -0.05) is 24.3 Å². The maximum absolute atomic E-state index is 10.3. The summed E-state index contributed by atoms with van der Waals surface area (Å²) in [6.07, 6.45) is -3.75. The summed E-state index contributed by atoms with van der Waals surface area (Å²) in [5, 5.41) is 68.6. The second-order valence-electron chi connectivity index (χ2n) is 8.23. The van der Waals surface area contributed by atoms with Crippen LogP contribution < -0.4 is 9.47 Å². The zero-order valence-electron chi connectivity index (χ0n) is 18.9. The van der Waals surface area contributed by atoms with Crippen molar-refractivity contribution >= 4 is 12.2 Å². The van der Waals surface area contributed by atoms with Crippen LogP contribution in [-0.4, -0.2) is 73.1 Å². The van der Waals surface area contributed by atoms with E-state index in [1.807, 2.05) is 0 Å². The van der Waals surface area contributed by atoms with Gasteiger partial charge in [-0.25, -0.2) is 0 Å². The second-order valence-corrected chi connectivity index (χ2v) is 8.23. The molecule has 1 aliphatic rings. The van der Waals surface area contributed by atoms with Gasteiger partial charge >= 0.3 is 0 Å². The molecule has 0 aromatic heterocycles. The predicted molar refractivity (Wildman–Crippen MR) is 128 cm³/mol. The van der Waals surface area contributed by atoms with Crippen molar-refractivity contribution in [3.8, 4) is 34.5 Å². The van der Waals surface area contributed by atoms with Crippen LogP contribution >= 0.6 is 0 Å². The van der Waals surface area contributed by atoms with Gasteiger partial charge in [0.25, 0.3) is 0 Å². The number of aliphatic hydroxyl groups excluding tert-OH is 4. The van der Waals surface area contributed by atoms with E-state index in [0.29, 0.717) is 17.1 Å². The molecule has 5 atom stereocenters. The van der Waals surface area contributed by atoms with Crippen molar-refractivity contribution in [3.63, 3.8) is 0 Å². The van der Waals surface area contributed by atoms with Gasteiger partial charge in [0, 0.05) is 12.1 Å². The molecule has 3 aromatic carbocycles. The summed E-state index contributed by atoms with van der Waals surface area (Å²) in [5.74, 6) is 0.331. The first kappa shape index (κ1) is 25.3. The normalized spacial score (nSPS) is 24.1. The lowest BCUT2D eigenvalue weighted by Crippen LogP contribution is -2.60. The molecule has 0 bridgehead atoms. The topological polar surface area (TPSA) is 169 Å². The van der Waals surface area contributed by atoms with Crippen LogP contribution in [0.5, 0.6) is 34.5 Å². The molecule has 1 saturated heterocycles. The Hall–Kier alpha value is -3.80. The molecule has 190 valence electrons. The van der Waals surface area contributed by atoms with Crippen LogP contribution in [0, 0.1) is 0 Å². The summed E-state index contributed by atoms with van der Waals surface area (Å²) < 4.78 is 16.5. The zero-order chi connectivity index (χ0) is 25.8. The summed E-state index contributed by atoms with van der Waals surface area (Å²) in [5.41, 5.74) is 1.48. The molecule has 0 radical (unpaired) electrons. The van der Waals surface area contributed by atoms with E-state index in [-0.39, 0.29) is 23.0 Å². The van der Waals surface area contributed by atoms with E-state index in [0.717, 1.165) is 5.56 Å². The van der Waals surface area contributed by atoms with Gasteiger partial charge in [0.05, 0.1) is 6.61 Å². The molecule has 4 rings (SSSR count). The molecule has 0 spiro atoms. The summed E-state index contributed by atoms with van der Waals surface area (Å²) >= 11 is 0. The Morgan fingerprint density at radius 1 is 0.722 bits per heavy atom. The molecular weight excluding hydrogens is 472 g/mol. The highest BCUT2D eigenvalue weighted by molar-refractivity contribution is 5.71. The summed E-state index contributed by atoms with van der Waals surface area (Å²) in [4.78, 5) is 0. The van der Waals surface area contributed by atoms with Gasteiger partial charge in [0.2, 0.25) is 6.29 Å². The molecule has 10 nitrogen and oxygen atoms in total. The van der Waals surface area contributed by atoms with Crippen LogP contribution in [0.2, 0.25) is 0 Å². The van der Waals surface area contributed by atoms with E-state index in [4.69, 9.17) is 14.2 Å². The van der Waals surface area contributed by atoms with Crippen LogP contribution in [0.1, 0.15) is 11.1 Å². The number of aliphatic hydroxyl groups is 4.